The first-order valence-electron chi connectivity index (χ1n) is 6.42. The minimum atomic E-state index is 0.537. The average Bonchev–Trinajstić information content (AvgIpc) is 3.15. The van der Waals surface area contributed by atoms with Gasteiger partial charge in [-0.3, -0.25) is 4.90 Å². The van der Waals surface area contributed by atoms with Crippen molar-refractivity contribution in [2.24, 2.45) is 5.92 Å². The minimum absolute atomic E-state index is 0.537. The number of hydrogen-bond acceptors (Lipinski definition) is 3. The molecule has 3 rings (SSSR count). The van der Waals surface area contributed by atoms with E-state index in [1.54, 1.807) is 0 Å². The van der Waals surface area contributed by atoms with E-state index in [-0.39, 0.29) is 0 Å². The quantitative estimate of drug-likeness (QED) is 0.867. The molecule has 2 fully saturated rings. The summed E-state index contributed by atoms with van der Waals surface area (Å²) in [7, 11) is 0. The molecule has 0 bridgehead atoms. The average molecular weight is 296 g/mol. The molecule has 1 aromatic rings. The normalized spacial score (nSPS) is 23.6. The van der Waals surface area contributed by atoms with E-state index in [4.69, 9.17) is 0 Å². The smallest absolute Gasteiger partial charge is 0.106 e. The molecule has 0 radical (unpaired) electrons. The Balaban J connectivity index is 1.83. The minimum Gasteiger partial charge on any atom is -0.314 e. The highest BCUT2D eigenvalue weighted by atomic mass is 79.9. The molecule has 0 aromatic carbocycles. The topological polar surface area (TPSA) is 28.2 Å². The van der Waals surface area contributed by atoms with Crippen LogP contribution in [-0.2, 0) is 0 Å². The van der Waals surface area contributed by atoms with Gasteiger partial charge in [0.25, 0.3) is 0 Å². The van der Waals surface area contributed by atoms with E-state index >= 15 is 0 Å². The standard InChI is InChI=1S/C13H18BrN3/c14-12-3-1-2-11(16-12)13(10-4-5-10)17-8-6-15-7-9-17/h1-3,10,13,15H,4-9H2/t13-/m1/s1. The second-order valence-corrected chi connectivity index (χ2v) is 5.77. The molecule has 4 heteroatoms. The molecule has 1 N–H and O–H groups in total. The van der Waals surface area contributed by atoms with Crippen LogP contribution in [0.4, 0.5) is 0 Å². The summed E-state index contributed by atoms with van der Waals surface area (Å²) in [5, 5.41) is 3.42. The fourth-order valence-electron chi connectivity index (χ4n) is 2.69. The van der Waals surface area contributed by atoms with Gasteiger partial charge in [0.05, 0.1) is 11.7 Å². The molecule has 3 nitrogen and oxygen atoms in total. The van der Waals surface area contributed by atoms with Gasteiger partial charge < -0.3 is 5.32 Å². The van der Waals surface area contributed by atoms with E-state index in [1.807, 2.05) is 6.07 Å². The fourth-order valence-corrected chi connectivity index (χ4v) is 3.05. The highest BCUT2D eigenvalue weighted by Gasteiger charge is 2.37. The largest absolute Gasteiger partial charge is 0.314 e. The van der Waals surface area contributed by atoms with Crippen molar-refractivity contribution in [2.75, 3.05) is 26.2 Å². The van der Waals surface area contributed by atoms with Gasteiger partial charge in [0, 0.05) is 26.2 Å². The van der Waals surface area contributed by atoms with Gasteiger partial charge in [-0.1, -0.05) is 6.07 Å². The van der Waals surface area contributed by atoms with Crippen molar-refractivity contribution in [1.82, 2.24) is 15.2 Å². The maximum absolute atomic E-state index is 4.66. The fraction of sp³-hybridized carbons (Fsp3) is 0.615. The van der Waals surface area contributed by atoms with E-state index in [0.29, 0.717) is 6.04 Å². The Morgan fingerprint density at radius 3 is 2.71 bits per heavy atom. The zero-order chi connectivity index (χ0) is 11.7. The second kappa shape index (κ2) is 5.04. The molecule has 1 aromatic heterocycles. The number of piperazine rings is 1. The summed E-state index contributed by atoms with van der Waals surface area (Å²) < 4.78 is 0.954. The van der Waals surface area contributed by atoms with E-state index < -0.39 is 0 Å². The summed E-state index contributed by atoms with van der Waals surface area (Å²) in [5.41, 5.74) is 1.24. The Kier molecular flexibility index (Phi) is 3.45. The van der Waals surface area contributed by atoms with Gasteiger partial charge in [0.1, 0.15) is 4.60 Å². The summed E-state index contributed by atoms with van der Waals surface area (Å²) in [6, 6.07) is 6.82. The Hall–Kier alpha value is -0.450. The van der Waals surface area contributed by atoms with Crippen molar-refractivity contribution in [3.63, 3.8) is 0 Å². The Labute approximate surface area is 111 Å². The lowest BCUT2D eigenvalue weighted by atomic mass is 10.1. The Morgan fingerprint density at radius 1 is 1.29 bits per heavy atom. The molecule has 0 amide bonds. The number of nitrogens with zero attached hydrogens (tertiary/aromatic N) is 2. The lowest BCUT2D eigenvalue weighted by Crippen LogP contribution is -2.45. The molecular formula is C13H18BrN3. The zero-order valence-corrected chi connectivity index (χ0v) is 11.5. The van der Waals surface area contributed by atoms with Crippen LogP contribution in [0.1, 0.15) is 24.6 Å². The molecule has 1 atom stereocenters. The SMILES string of the molecule is Brc1cccc([C@@H](C2CC2)N2CCNCC2)n1. The van der Waals surface area contributed by atoms with Gasteiger partial charge >= 0.3 is 0 Å². The number of halogens is 1. The van der Waals surface area contributed by atoms with Crippen molar-refractivity contribution in [3.8, 4) is 0 Å². The van der Waals surface area contributed by atoms with Crippen LogP contribution < -0.4 is 5.32 Å². The first kappa shape index (κ1) is 11.6. The van der Waals surface area contributed by atoms with E-state index in [1.165, 1.54) is 18.5 Å². The molecule has 2 aliphatic rings. The first-order valence-corrected chi connectivity index (χ1v) is 7.21. The van der Waals surface area contributed by atoms with E-state index in [2.05, 4.69) is 43.3 Å². The molecule has 0 unspecified atom stereocenters. The van der Waals surface area contributed by atoms with Crippen LogP contribution in [0.3, 0.4) is 0 Å². The lowest BCUT2D eigenvalue weighted by Gasteiger charge is -2.34. The van der Waals surface area contributed by atoms with Crippen LogP contribution in [-0.4, -0.2) is 36.1 Å². The molecule has 92 valence electrons. The van der Waals surface area contributed by atoms with Crippen LogP contribution in [0.25, 0.3) is 0 Å². The maximum atomic E-state index is 4.66. The third kappa shape index (κ3) is 2.69. The van der Waals surface area contributed by atoms with E-state index in [0.717, 1.165) is 36.7 Å². The summed E-state index contributed by atoms with van der Waals surface area (Å²) >= 11 is 3.48. The highest BCUT2D eigenvalue weighted by Crippen LogP contribution is 2.44. The number of hydrogen-bond donors (Lipinski definition) is 1. The van der Waals surface area contributed by atoms with Gasteiger partial charge in [0.2, 0.25) is 0 Å². The van der Waals surface area contributed by atoms with Crippen LogP contribution >= 0.6 is 15.9 Å². The van der Waals surface area contributed by atoms with Gasteiger partial charge in [-0.05, 0) is 46.8 Å². The van der Waals surface area contributed by atoms with Crippen molar-refractivity contribution in [1.29, 1.82) is 0 Å². The number of pyridine rings is 1. The molecule has 2 heterocycles. The van der Waals surface area contributed by atoms with Crippen LogP contribution in [0.5, 0.6) is 0 Å². The summed E-state index contributed by atoms with van der Waals surface area (Å²) in [4.78, 5) is 7.26. The Morgan fingerprint density at radius 2 is 2.06 bits per heavy atom. The molecular weight excluding hydrogens is 278 g/mol. The third-order valence-electron chi connectivity index (χ3n) is 3.65. The predicted molar refractivity (Wildman–Crippen MR) is 71.8 cm³/mol. The van der Waals surface area contributed by atoms with Crippen LogP contribution in [0.2, 0.25) is 0 Å². The molecule has 1 saturated heterocycles. The lowest BCUT2D eigenvalue weighted by molar-refractivity contribution is 0.153. The molecule has 1 aliphatic heterocycles. The van der Waals surface area contributed by atoms with Gasteiger partial charge in [-0.25, -0.2) is 4.98 Å². The number of aromatic nitrogens is 1. The monoisotopic (exact) mass is 295 g/mol. The highest BCUT2D eigenvalue weighted by molar-refractivity contribution is 9.10. The number of nitrogens with one attached hydrogen (secondary N) is 1. The van der Waals surface area contributed by atoms with Crippen molar-refractivity contribution in [3.05, 3.63) is 28.5 Å². The second-order valence-electron chi connectivity index (χ2n) is 4.95. The Bertz CT molecular complexity index is 386. The zero-order valence-electron chi connectivity index (χ0n) is 9.90. The summed E-state index contributed by atoms with van der Waals surface area (Å²) in [6.07, 6.45) is 2.73. The molecule has 17 heavy (non-hydrogen) atoms. The predicted octanol–water partition coefficient (Wildman–Crippen LogP) is 2.20. The molecule has 0 spiro atoms. The van der Waals surface area contributed by atoms with Crippen molar-refractivity contribution < 1.29 is 0 Å². The van der Waals surface area contributed by atoms with Crippen LogP contribution in [0, 0.1) is 5.92 Å². The first-order chi connectivity index (χ1) is 8.34. The maximum Gasteiger partial charge on any atom is 0.106 e. The van der Waals surface area contributed by atoms with Gasteiger partial charge in [0.15, 0.2) is 0 Å². The summed E-state index contributed by atoms with van der Waals surface area (Å²) in [6.45, 7) is 4.51. The third-order valence-corrected chi connectivity index (χ3v) is 4.09. The molecule has 1 aliphatic carbocycles. The summed E-state index contributed by atoms with van der Waals surface area (Å²) in [5.74, 6) is 0.829. The van der Waals surface area contributed by atoms with Gasteiger partial charge in [-0.2, -0.15) is 0 Å². The van der Waals surface area contributed by atoms with Crippen molar-refractivity contribution >= 4 is 15.9 Å². The van der Waals surface area contributed by atoms with E-state index in [9.17, 15) is 0 Å². The van der Waals surface area contributed by atoms with Crippen molar-refractivity contribution in [2.45, 2.75) is 18.9 Å². The molecule has 1 saturated carbocycles. The number of rotatable bonds is 3. The van der Waals surface area contributed by atoms with Gasteiger partial charge in [-0.15, -0.1) is 0 Å². The van der Waals surface area contributed by atoms with Crippen LogP contribution in [0.15, 0.2) is 22.8 Å².